The van der Waals surface area contributed by atoms with Crippen molar-refractivity contribution in [2.75, 3.05) is 0 Å². The Hall–Kier alpha value is -0.820. The first kappa shape index (κ1) is 6.86. The van der Waals surface area contributed by atoms with Gasteiger partial charge in [-0.1, -0.05) is 24.3 Å². The molecule has 1 aliphatic carbocycles. The molecule has 0 bridgehead atoms. The Labute approximate surface area is 66.7 Å². The highest BCUT2D eigenvalue weighted by molar-refractivity contribution is 5.31. The molecule has 1 heteroatoms. The van der Waals surface area contributed by atoms with E-state index < -0.39 is 5.60 Å². The van der Waals surface area contributed by atoms with Gasteiger partial charge >= 0.3 is 0 Å². The van der Waals surface area contributed by atoms with Crippen LogP contribution in [0.15, 0.2) is 24.3 Å². The van der Waals surface area contributed by atoms with Gasteiger partial charge in [-0.2, -0.15) is 0 Å². The monoisotopic (exact) mass is 147 g/mol. The van der Waals surface area contributed by atoms with Crippen molar-refractivity contribution in [3.63, 3.8) is 0 Å². The molecule has 1 aliphatic rings. The molecule has 0 atom stereocenters. The molecule has 1 aromatic carbocycles. The number of rotatable bonds is 1. The van der Waals surface area contributed by atoms with Crippen LogP contribution in [0.2, 0.25) is 0 Å². The largest absolute Gasteiger partial charge is 0.385 e. The van der Waals surface area contributed by atoms with Crippen molar-refractivity contribution >= 4 is 0 Å². The van der Waals surface area contributed by atoms with E-state index >= 15 is 0 Å². The molecule has 1 nitrogen and oxygen atoms in total. The number of hydrogen-bond acceptors (Lipinski definition) is 1. The van der Waals surface area contributed by atoms with Gasteiger partial charge in [-0.3, -0.25) is 0 Å². The summed E-state index contributed by atoms with van der Waals surface area (Å²) in [5, 5.41) is 9.67. The zero-order valence-corrected chi connectivity index (χ0v) is 6.38. The summed E-state index contributed by atoms with van der Waals surface area (Å²) in [6, 6.07) is 7.78. The normalized spacial score (nSPS) is 19.8. The van der Waals surface area contributed by atoms with Crippen LogP contribution in [-0.2, 0) is 5.60 Å². The van der Waals surface area contributed by atoms with Gasteiger partial charge in [0.1, 0.15) is 0 Å². The highest BCUT2D eigenvalue weighted by Crippen LogP contribution is 2.44. The van der Waals surface area contributed by atoms with Crippen LogP contribution in [0.4, 0.5) is 0 Å². The second-order valence-corrected chi connectivity index (χ2v) is 3.23. The van der Waals surface area contributed by atoms with Gasteiger partial charge < -0.3 is 5.11 Å². The van der Waals surface area contributed by atoms with Crippen molar-refractivity contribution in [3.8, 4) is 0 Å². The lowest BCUT2D eigenvalue weighted by molar-refractivity contribution is 0.151. The van der Waals surface area contributed by atoms with Crippen LogP contribution >= 0.6 is 0 Å². The van der Waals surface area contributed by atoms with Crippen molar-refractivity contribution in [2.45, 2.75) is 18.4 Å². The summed E-state index contributed by atoms with van der Waals surface area (Å²) < 4.78 is 0. The van der Waals surface area contributed by atoms with Crippen molar-refractivity contribution in [1.29, 1.82) is 0 Å². The maximum atomic E-state index is 9.67. The topological polar surface area (TPSA) is 20.2 Å². The first-order valence-electron chi connectivity index (χ1n) is 3.86. The van der Waals surface area contributed by atoms with Gasteiger partial charge in [0.25, 0.3) is 0 Å². The molecule has 2 rings (SSSR count). The molecular formula is C10H11O. The van der Waals surface area contributed by atoms with Crippen LogP contribution in [0.1, 0.15) is 24.0 Å². The minimum Gasteiger partial charge on any atom is -0.385 e. The molecular weight excluding hydrogens is 136 g/mol. The minimum atomic E-state index is -0.492. The van der Waals surface area contributed by atoms with Gasteiger partial charge in [-0.15, -0.1) is 0 Å². The Kier molecular flexibility index (Phi) is 1.30. The van der Waals surface area contributed by atoms with Crippen LogP contribution in [-0.4, -0.2) is 5.11 Å². The van der Waals surface area contributed by atoms with Crippen molar-refractivity contribution in [1.82, 2.24) is 0 Å². The summed E-state index contributed by atoms with van der Waals surface area (Å²) in [5.41, 5.74) is 1.54. The van der Waals surface area contributed by atoms with E-state index in [4.69, 9.17) is 0 Å². The smallest absolute Gasteiger partial charge is 0.0899 e. The first-order chi connectivity index (χ1) is 5.21. The maximum Gasteiger partial charge on any atom is 0.0899 e. The van der Waals surface area contributed by atoms with Gasteiger partial charge in [0.05, 0.1) is 5.60 Å². The molecule has 0 heterocycles. The van der Waals surface area contributed by atoms with Crippen LogP contribution in [0.3, 0.4) is 0 Å². The lowest BCUT2D eigenvalue weighted by atomic mass is 10.1. The van der Waals surface area contributed by atoms with Crippen molar-refractivity contribution in [2.24, 2.45) is 0 Å². The third kappa shape index (κ3) is 1.16. The third-order valence-electron chi connectivity index (χ3n) is 2.21. The van der Waals surface area contributed by atoms with Gasteiger partial charge in [0.2, 0.25) is 0 Å². The fourth-order valence-electron chi connectivity index (χ4n) is 1.22. The summed E-state index contributed by atoms with van der Waals surface area (Å²) in [6.07, 6.45) is 1.81. The van der Waals surface area contributed by atoms with E-state index in [0.717, 1.165) is 24.0 Å². The van der Waals surface area contributed by atoms with E-state index in [1.807, 2.05) is 24.3 Å². The molecule has 0 amide bonds. The fraction of sp³-hybridized carbons (Fsp3) is 0.300. The molecule has 0 saturated heterocycles. The van der Waals surface area contributed by atoms with Crippen LogP contribution in [0.5, 0.6) is 0 Å². The van der Waals surface area contributed by atoms with E-state index in [1.165, 1.54) is 0 Å². The molecule has 57 valence electrons. The van der Waals surface area contributed by atoms with E-state index in [0.29, 0.717) is 0 Å². The molecule has 1 radical (unpaired) electrons. The predicted molar refractivity (Wildman–Crippen MR) is 44.0 cm³/mol. The standard InChI is InChI=1S/C10H11O/c1-8-2-4-9(5-3-8)10(11)6-7-10/h2-5,11H,1,6-7H2. The Morgan fingerprint density at radius 1 is 1.18 bits per heavy atom. The average Bonchev–Trinajstić information content (AvgIpc) is 2.70. The van der Waals surface area contributed by atoms with Gasteiger partial charge in [0.15, 0.2) is 0 Å². The summed E-state index contributed by atoms with van der Waals surface area (Å²) in [6.45, 7) is 3.78. The Morgan fingerprint density at radius 2 is 1.73 bits per heavy atom. The number of benzene rings is 1. The van der Waals surface area contributed by atoms with Crippen molar-refractivity contribution in [3.05, 3.63) is 42.3 Å². The first-order valence-corrected chi connectivity index (χ1v) is 3.86. The molecule has 1 fully saturated rings. The molecule has 0 spiro atoms. The zero-order chi connectivity index (χ0) is 7.90. The van der Waals surface area contributed by atoms with Gasteiger partial charge in [-0.05, 0) is 30.9 Å². The van der Waals surface area contributed by atoms with E-state index in [2.05, 4.69) is 6.92 Å². The van der Waals surface area contributed by atoms with Crippen LogP contribution in [0, 0.1) is 6.92 Å². The van der Waals surface area contributed by atoms with E-state index in [9.17, 15) is 5.11 Å². The zero-order valence-electron chi connectivity index (χ0n) is 6.38. The number of hydrogen-bond donors (Lipinski definition) is 1. The van der Waals surface area contributed by atoms with Crippen LogP contribution in [0.25, 0.3) is 0 Å². The molecule has 1 N–H and O–H groups in total. The highest BCUT2D eigenvalue weighted by Gasteiger charge is 2.41. The Bertz CT molecular complexity index is 257. The Balaban J connectivity index is 2.33. The van der Waals surface area contributed by atoms with Gasteiger partial charge in [0, 0.05) is 0 Å². The van der Waals surface area contributed by atoms with E-state index in [-0.39, 0.29) is 0 Å². The quantitative estimate of drug-likeness (QED) is 0.642. The average molecular weight is 147 g/mol. The summed E-state index contributed by atoms with van der Waals surface area (Å²) in [4.78, 5) is 0. The summed E-state index contributed by atoms with van der Waals surface area (Å²) in [5.74, 6) is 0. The molecule has 1 aromatic rings. The summed E-state index contributed by atoms with van der Waals surface area (Å²) >= 11 is 0. The molecule has 0 aromatic heterocycles. The van der Waals surface area contributed by atoms with Gasteiger partial charge in [-0.25, -0.2) is 0 Å². The SMILES string of the molecule is [CH2]c1ccc(C2(O)CC2)cc1. The maximum absolute atomic E-state index is 9.67. The molecule has 1 saturated carbocycles. The molecule has 11 heavy (non-hydrogen) atoms. The van der Waals surface area contributed by atoms with E-state index in [1.54, 1.807) is 0 Å². The minimum absolute atomic E-state index is 0.492. The fourth-order valence-corrected chi connectivity index (χ4v) is 1.22. The predicted octanol–water partition coefficient (Wildman–Crippen LogP) is 1.85. The number of aliphatic hydroxyl groups is 1. The van der Waals surface area contributed by atoms with Crippen LogP contribution < -0.4 is 0 Å². The lowest BCUT2D eigenvalue weighted by Gasteiger charge is -2.06. The second kappa shape index (κ2) is 2.08. The molecule has 0 unspecified atom stereocenters. The molecule has 0 aliphatic heterocycles. The highest BCUT2D eigenvalue weighted by atomic mass is 16.3. The van der Waals surface area contributed by atoms with Crippen molar-refractivity contribution < 1.29 is 5.11 Å². The third-order valence-corrected chi connectivity index (χ3v) is 2.21. The lowest BCUT2D eigenvalue weighted by Crippen LogP contribution is -2.03. The Morgan fingerprint density at radius 3 is 2.18 bits per heavy atom. The second-order valence-electron chi connectivity index (χ2n) is 3.23. The summed E-state index contributed by atoms with van der Waals surface area (Å²) in [7, 11) is 0.